The summed E-state index contributed by atoms with van der Waals surface area (Å²) in [5.74, 6) is 0. The van der Waals surface area contributed by atoms with Crippen molar-refractivity contribution in [1.29, 1.82) is 0 Å². The van der Waals surface area contributed by atoms with Crippen LogP contribution in [0.15, 0.2) is 18.2 Å². The molecule has 1 aliphatic rings. The first-order valence-electron chi connectivity index (χ1n) is 6.11. The van der Waals surface area contributed by atoms with Crippen molar-refractivity contribution in [3.8, 4) is 0 Å². The molecule has 0 aliphatic heterocycles. The smallest absolute Gasteiger partial charge is 0.190 e. The van der Waals surface area contributed by atoms with Gasteiger partial charge in [-0.15, -0.1) is 0 Å². The maximum atomic E-state index is 12.1. The molecule has 0 spiro atoms. The monoisotopic (exact) mass is 330 g/mol. The average molecular weight is 331 g/mol. The van der Waals surface area contributed by atoms with Gasteiger partial charge < -0.3 is 0 Å². The van der Waals surface area contributed by atoms with E-state index < -0.39 is 11.0 Å². The molecule has 6 heteroatoms. The van der Waals surface area contributed by atoms with Crippen molar-refractivity contribution in [3.05, 3.63) is 40.7 Å². The Morgan fingerprint density at radius 3 is 2.55 bits per heavy atom. The summed E-state index contributed by atoms with van der Waals surface area (Å²) in [7, 11) is -1.07. The number of hydrogen-bond donors (Lipinski definition) is 1. The zero-order valence-electron chi connectivity index (χ0n) is 12.0. The molecule has 0 radical (unpaired) electrons. The van der Waals surface area contributed by atoms with Crippen LogP contribution in [-0.4, -0.2) is 8.96 Å². The fourth-order valence-electron chi connectivity index (χ4n) is 2.17. The summed E-state index contributed by atoms with van der Waals surface area (Å²) >= 11 is 0. The maximum absolute atomic E-state index is 12.1. The third-order valence-electron chi connectivity index (χ3n) is 3.17. The highest BCUT2D eigenvalue weighted by Crippen LogP contribution is 2.37. The minimum atomic E-state index is -1.07. The molecule has 0 bridgehead atoms. The third kappa shape index (κ3) is 4.01. The summed E-state index contributed by atoms with van der Waals surface area (Å²) in [4.78, 5) is 3.55. The Morgan fingerprint density at radius 1 is 1.35 bits per heavy atom. The van der Waals surface area contributed by atoms with E-state index in [9.17, 15) is 4.21 Å². The molecule has 0 saturated carbocycles. The number of fused-ring (bicyclic) bond motifs is 1. The van der Waals surface area contributed by atoms with Gasteiger partial charge in [0.2, 0.25) is 0 Å². The Hall–Kier alpha value is -0.480. The summed E-state index contributed by atoms with van der Waals surface area (Å²) in [6.45, 7) is 13.0. The van der Waals surface area contributed by atoms with E-state index in [1.165, 1.54) is 0 Å². The largest absolute Gasteiger partial charge is 0.242 e. The first-order chi connectivity index (χ1) is 8.43. The molecule has 2 atom stereocenters. The minimum absolute atomic E-state index is 0. The Morgan fingerprint density at radius 2 is 2.00 bits per heavy atom. The van der Waals surface area contributed by atoms with E-state index in [1.54, 1.807) is 0 Å². The van der Waals surface area contributed by atoms with Gasteiger partial charge in [-0.3, -0.25) is 0 Å². The summed E-state index contributed by atoms with van der Waals surface area (Å²) in [5, 5.41) is 0. The fourth-order valence-corrected chi connectivity index (χ4v) is 3.02. The van der Waals surface area contributed by atoms with E-state index >= 15 is 0 Å². The van der Waals surface area contributed by atoms with Crippen molar-refractivity contribution < 1.29 is 4.21 Å². The van der Waals surface area contributed by atoms with Crippen molar-refractivity contribution in [2.45, 2.75) is 44.4 Å². The number of hydrogen-bond acceptors (Lipinski definition) is 1. The minimum Gasteiger partial charge on any atom is -0.242 e. The second-order valence-corrected chi connectivity index (χ2v) is 7.54. The predicted molar refractivity (Wildman–Crippen MR) is 95.6 cm³/mol. The molecule has 0 saturated heterocycles. The lowest BCUT2D eigenvalue weighted by atomic mass is 10.1. The van der Waals surface area contributed by atoms with Gasteiger partial charge >= 0.3 is 0 Å². The number of nitrogens with one attached hydrogen (secondary N) is 1. The van der Waals surface area contributed by atoms with Gasteiger partial charge in [0.1, 0.15) is 0 Å². The second kappa shape index (κ2) is 7.51. The number of rotatable bonds is 2. The molecule has 0 unspecified atom stereocenters. The molecule has 1 aromatic carbocycles. The van der Waals surface area contributed by atoms with Gasteiger partial charge in [-0.05, 0) is 44.7 Å². The van der Waals surface area contributed by atoms with Crippen LogP contribution in [0.25, 0.3) is 4.85 Å². The van der Waals surface area contributed by atoms with Crippen LogP contribution in [0.4, 0.5) is 5.69 Å². The van der Waals surface area contributed by atoms with Crippen LogP contribution >= 0.6 is 27.0 Å². The Kier molecular flexibility index (Phi) is 7.33. The normalized spacial score (nSPS) is 18.2. The molecule has 0 heterocycles. The van der Waals surface area contributed by atoms with Crippen LogP contribution in [0.2, 0.25) is 0 Å². The van der Waals surface area contributed by atoms with Crippen molar-refractivity contribution in [1.82, 2.24) is 4.72 Å². The molecular formula is C14H22N2OS3. The maximum Gasteiger partial charge on any atom is 0.190 e. The van der Waals surface area contributed by atoms with E-state index in [1.807, 2.05) is 39.0 Å². The van der Waals surface area contributed by atoms with Crippen LogP contribution in [0.5, 0.6) is 0 Å². The lowest BCUT2D eigenvalue weighted by Crippen LogP contribution is -2.35. The molecule has 0 aromatic heterocycles. The molecular weight excluding hydrogens is 308 g/mol. The van der Waals surface area contributed by atoms with Crippen LogP contribution in [0, 0.1) is 6.57 Å². The van der Waals surface area contributed by atoms with Crippen LogP contribution < -0.4 is 4.72 Å². The fraction of sp³-hybridized carbons (Fsp3) is 0.500. The molecule has 1 aromatic rings. The highest BCUT2D eigenvalue weighted by Gasteiger charge is 2.28. The molecule has 112 valence electrons. The van der Waals surface area contributed by atoms with Crippen molar-refractivity contribution in [3.63, 3.8) is 0 Å². The predicted octanol–water partition coefficient (Wildman–Crippen LogP) is 3.50. The van der Waals surface area contributed by atoms with Crippen molar-refractivity contribution in [2.75, 3.05) is 0 Å². The van der Waals surface area contributed by atoms with Crippen molar-refractivity contribution >= 4 is 43.7 Å². The van der Waals surface area contributed by atoms with E-state index in [4.69, 9.17) is 6.57 Å². The molecule has 20 heavy (non-hydrogen) atoms. The van der Waals surface area contributed by atoms with E-state index in [0.29, 0.717) is 0 Å². The van der Waals surface area contributed by atoms with Gasteiger partial charge in [0, 0.05) is 6.04 Å². The van der Waals surface area contributed by atoms with Crippen LogP contribution in [0.3, 0.4) is 0 Å². The molecule has 0 amide bonds. The zero-order chi connectivity index (χ0) is 13.3. The van der Waals surface area contributed by atoms with E-state index in [0.717, 1.165) is 29.7 Å². The standard InChI is InChI=1S/C14H18N2OS.2H2S/c1-14(2,3)18(17)16-13-9-8-11-10(13)6-5-7-12(11)15-4;;/h5-7,13,16H,8-9H2,1-3H3;2*1H2/t13-,18-;;/m0../s1. The lowest BCUT2D eigenvalue weighted by molar-refractivity contribution is 0.596. The Bertz CT molecular complexity index is 532. The average Bonchev–Trinajstić information content (AvgIpc) is 2.71. The summed E-state index contributed by atoms with van der Waals surface area (Å²) < 4.78 is 15.1. The summed E-state index contributed by atoms with van der Waals surface area (Å²) in [6.07, 6.45) is 1.82. The van der Waals surface area contributed by atoms with Crippen LogP contribution in [-0.2, 0) is 17.4 Å². The van der Waals surface area contributed by atoms with Crippen molar-refractivity contribution in [2.24, 2.45) is 0 Å². The first kappa shape index (κ1) is 19.5. The van der Waals surface area contributed by atoms with Crippen LogP contribution in [0.1, 0.15) is 44.4 Å². The SMILES string of the molecule is S.S.[C-]#[N+]c1cccc2c1CC[C@@H]2N[S@@](=O)C(C)(C)C. The first-order valence-corrected chi connectivity index (χ1v) is 7.26. The molecule has 0 fully saturated rings. The third-order valence-corrected chi connectivity index (χ3v) is 4.78. The highest BCUT2D eigenvalue weighted by atomic mass is 32.2. The van der Waals surface area contributed by atoms with Gasteiger partial charge in [-0.1, -0.05) is 18.2 Å². The van der Waals surface area contributed by atoms with Gasteiger partial charge in [-0.25, -0.2) is 13.8 Å². The molecule has 3 nitrogen and oxygen atoms in total. The highest BCUT2D eigenvalue weighted by molar-refractivity contribution is 7.84. The summed E-state index contributed by atoms with van der Waals surface area (Å²) in [5.41, 5.74) is 3.00. The number of nitrogens with zero attached hydrogens (tertiary/aromatic N) is 1. The topological polar surface area (TPSA) is 33.5 Å². The number of benzene rings is 1. The van der Waals surface area contributed by atoms with Gasteiger partial charge in [-0.2, -0.15) is 27.0 Å². The van der Waals surface area contributed by atoms with Gasteiger partial charge in [0.05, 0.1) is 22.3 Å². The second-order valence-electron chi connectivity index (χ2n) is 5.55. The molecule has 1 N–H and O–H groups in total. The quantitative estimate of drug-likeness (QED) is 0.827. The lowest BCUT2D eigenvalue weighted by Gasteiger charge is -2.22. The van der Waals surface area contributed by atoms with Gasteiger partial charge in [0.25, 0.3) is 0 Å². The Labute approximate surface area is 137 Å². The Balaban J connectivity index is 0.00000180. The summed E-state index contributed by atoms with van der Waals surface area (Å²) in [6, 6.07) is 5.91. The molecule has 2 rings (SSSR count). The zero-order valence-corrected chi connectivity index (χ0v) is 14.8. The molecule has 1 aliphatic carbocycles. The van der Waals surface area contributed by atoms with E-state index in [-0.39, 0.29) is 37.8 Å². The van der Waals surface area contributed by atoms with Gasteiger partial charge in [0.15, 0.2) is 5.69 Å². The van der Waals surface area contributed by atoms with E-state index in [2.05, 4.69) is 9.57 Å².